The molecule has 0 bridgehead atoms. The topological polar surface area (TPSA) is 77.9 Å². The van der Waals surface area contributed by atoms with E-state index in [9.17, 15) is 14.4 Å². The van der Waals surface area contributed by atoms with Gasteiger partial charge in [0, 0.05) is 19.3 Å². The van der Waals surface area contributed by atoms with Crippen molar-refractivity contribution in [3.63, 3.8) is 0 Å². The number of carboxylic acid groups (broad SMARTS) is 1. The molecule has 0 aliphatic carbocycles. The van der Waals surface area contributed by atoms with Gasteiger partial charge in [-0.3, -0.25) is 9.59 Å². The Hall–Kier alpha value is -3.15. The highest BCUT2D eigenvalue weighted by Crippen LogP contribution is 2.23. The quantitative estimate of drug-likeness (QED) is 0.882. The van der Waals surface area contributed by atoms with Crippen LogP contribution in [0.25, 0.3) is 0 Å². The van der Waals surface area contributed by atoms with Gasteiger partial charge in [-0.25, -0.2) is 4.79 Å². The van der Waals surface area contributed by atoms with Gasteiger partial charge < -0.3 is 14.9 Å². The van der Waals surface area contributed by atoms with E-state index in [1.165, 1.54) is 17.0 Å². The fraction of sp³-hybridized carbons (Fsp3) is 0.286. The second-order valence-electron chi connectivity index (χ2n) is 6.67. The lowest BCUT2D eigenvalue weighted by Crippen LogP contribution is -2.53. The largest absolute Gasteiger partial charge is 0.478 e. The summed E-state index contributed by atoms with van der Waals surface area (Å²) in [4.78, 5) is 39.9. The number of benzene rings is 2. The molecule has 1 saturated heterocycles. The predicted octanol–water partition coefficient (Wildman–Crippen LogP) is 2.58. The van der Waals surface area contributed by atoms with E-state index in [0.29, 0.717) is 18.5 Å². The summed E-state index contributed by atoms with van der Waals surface area (Å²) in [6.45, 7) is 0.641. The van der Waals surface area contributed by atoms with Crippen molar-refractivity contribution in [2.75, 3.05) is 18.5 Å². The summed E-state index contributed by atoms with van der Waals surface area (Å²) in [6, 6.07) is 15.3. The molecule has 1 N–H and O–H groups in total. The lowest BCUT2D eigenvalue weighted by molar-refractivity contribution is -0.138. The monoisotopic (exact) mass is 366 g/mol. The van der Waals surface area contributed by atoms with Crippen molar-refractivity contribution in [1.29, 1.82) is 0 Å². The average molecular weight is 366 g/mol. The van der Waals surface area contributed by atoms with E-state index in [4.69, 9.17) is 5.11 Å². The maximum Gasteiger partial charge on any atom is 0.335 e. The van der Waals surface area contributed by atoms with E-state index in [2.05, 4.69) is 0 Å². The number of aromatic carboxylic acids is 1. The zero-order valence-corrected chi connectivity index (χ0v) is 15.2. The van der Waals surface area contributed by atoms with Crippen molar-refractivity contribution >= 4 is 23.5 Å². The van der Waals surface area contributed by atoms with Gasteiger partial charge in [-0.15, -0.1) is 0 Å². The summed E-state index contributed by atoms with van der Waals surface area (Å²) >= 11 is 0. The molecule has 1 aliphatic heterocycles. The van der Waals surface area contributed by atoms with Crippen LogP contribution in [0.2, 0.25) is 0 Å². The Bertz CT molecular complexity index is 850. The Labute approximate surface area is 158 Å². The SMILES string of the molecule is CN(C(=O)Cc1cccc(C(=O)O)c1)C1CCCN(c2ccccc2)C1=O. The number of hydrogen-bond donors (Lipinski definition) is 1. The standard InChI is InChI=1S/C21H22N2O4/c1-22(19(24)14-15-7-5-8-16(13-15)21(26)27)18-11-6-12-23(20(18)25)17-9-3-2-4-10-17/h2-5,7-10,13,18H,6,11-12,14H2,1H3,(H,26,27). The van der Waals surface area contributed by atoms with Crippen LogP contribution in [0.5, 0.6) is 0 Å². The second-order valence-corrected chi connectivity index (χ2v) is 6.67. The maximum atomic E-state index is 12.9. The number of carboxylic acids is 1. The van der Waals surface area contributed by atoms with Gasteiger partial charge in [0.05, 0.1) is 12.0 Å². The lowest BCUT2D eigenvalue weighted by atomic mass is 10.0. The minimum atomic E-state index is -1.03. The van der Waals surface area contributed by atoms with Crippen molar-refractivity contribution in [2.45, 2.75) is 25.3 Å². The third kappa shape index (κ3) is 4.16. The molecular formula is C21H22N2O4. The summed E-state index contributed by atoms with van der Waals surface area (Å²) < 4.78 is 0. The molecule has 0 radical (unpaired) electrons. The van der Waals surface area contributed by atoms with E-state index in [0.717, 1.165) is 12.1 Å². The highest BCUT2D eigenvalue weighted by molar-refractivity contribution is 6.00. The Morgan fingerprint density at radius 3 is 2.59 bits per heavy atom. The van der Waals surface area contributed by atoms with Crippen LogP contribution in [0, 0.1) is 0 Å². The maximum absolute atomic E-state index is 12.9. The van der Waals surface area contributed by atoms with E-state index >= 15 is 0 Å². The summed E-state index contributed by atoms with van der Waals surface area (Å²) in [6.07, 6.45) is 1.50. The highest BCUT2D eigenvalue weighted by Gasteiger charge is 2.34. The van der Waals surface area contributed by atoms with Crippen molar-refractivity contribution in [2.24, 2.45) is 0 Å². The molecule has 140 valence electrons. The number of piperidine rings is 1. The number of carbonyl (C=O) groups is 3. The molecule has 1 fully saturated rings. The number of anilines is 1. The van der Waals surface area contributed by atoms with Crippen LogP contribution in [0.1, 0.15) is 28.8 Å². The third-order valence-electron chi connectivity index (χ3n) is 4.87. The summed E-state index contributed by atoms with van der Waals surface area (Å²) in [7, 11) is 1.64. The zero-order chi connectivity index (χ0) is 19.4. The number of amides is 2. The number of carbonyl (C=O) groups excluding carboxylic acids is 2. The fourth-order valence-corrected chi connectivity index (χ4v) is 3.37. The highest BCUT2D eigenvalue weighted by atomic mass is 16.4. The lowest BCUT2D eigenvalue weighted by Gasteiger charge is -2.37. The number of hydrogen-bond acceptors (Lipinski definition) is 3. The molecule has 27 heavy (non-hydrogen) atoms. The van der Waals surface area contributed by atoms with Gasteiger partial charge in [0.2, 0.25) is 11.8 Å². The minimum Gasteiger partial charge on any atom is -0.478 e. The van der Waals surface area contributed by atoms with Gasteiger partial charge in [0.15, 0.2) is 0 Å². The van der Waals surface area contributed by atoms with Gasteiger partial charge in [0.25, 0.3) is 0 Å². The van der Waals surface area contributed by atoms with Crippen molar-refractivity contribution < 1.29 is 19.5 Å². The first-order valence-corrected chi connectivity index (χ1v) is 8.91. The molecule has 2 aromatic carbocycles. The Kier molecular flexibility index (Phi) is 5.54. The van der Waals surface area contributed by atoms with Crippen LogP contribution >= 0.6 is 0 Å². The Morgan fingerprint density at radius 1 is 1.15 bits per heavy atom. The smallest absolute Gasteiger partial charge is 0.335 e. The summed E-state index contributed by atoms with van der Waals surface area (Å²) in [5.74, 6) is -1.31. The zero-order valence-electron chi connectivity index (χ0n) is 15.2. The molecule has 6 nitrogen and oxygen atoms in total. The first kappa shape index (κ1) is 18.6. The van der Waals surface area contributed by atoms with Crippen molar-refractivity contribution in [3.8, 4) is 0 Å². The van der Waals surface area contributed by atoms with Crippen LogP contribution in [-0.2, 0) is 16.0 Å². The van der Waals surface area contributed by atoms with Gasteiger partial charge >= 0.3 is 5.97 Å². The van der Waals surface area contributed by atoms with Gasteiger partial charge in [-0.1, -0.05) is 30.3 Å². The third-order valence-corrected chi connectivity index (χ3v) is 4.87. The molecule has 1 aliphatic rings. The molecule has 2 amide bonds. The van der Waals surface area contributed by atoms with E-state index in [1.54, 1.807) is 24.1 Å². The molecule has 0 spiro atoms. The molecule has 1 heterocycles. The fourth-order valence-electron chi connectivity index (χ4n) is 3.37. The van der Waals surface area contributed by atoms with Crippen molar-refractivity contribution in [3.05, 3.63) is 65.7 Å². The molecule has 0 saturated carbocycles. The summed E-state index contributed by atoms with van der Waals surface area (Å²) in [5, 5.41) is 9.08. The number of likely N-dealkylation sites (N-methyl/N-ethyl adjacent to an activating group) is 1. The summed E-state index contributed by atoms with van der Waals surface area (Å²) in [5.41, 5.74) is 1.60. The number of rotatable bonds is 5. The predicted molar refractivity (Wildman–Crippen MR) is 102 cm³/mol. The van der Waals surface area contributed by atoms with E-state index in [-0.39, 0.29) is 23.8 Å². The first-order chi connectivity index (χ1) is 13.0. The van der Waals surface area contributed by atoms with Crippen LogP contribution in [0.3, 0.4) is 0 Å². The minimum absolute atomic E-state index is 0.0622. The van der Waals surface area contributed by atoms with Crippen LogP contribution in [0.15, 0.2) is 54.6 Å². The molecule has 1 atom stereocenters. The van der Waals surface area contributed by atoms with Crippen LogP contribution in [-0.4, -0.2) is 47.4 Å². The van der Waals surface area contributed by atoms with Gasteiger partial charge in [0.1, 0.15) is 6.04 Å². The van der Waals surface area contributed by atoms with Gasteiger partial charge in [-0.05, 0) is 42.7 Å². The molecule has 3 rings (SSSR count). The number of para-hydroxylation sites is 1. The normalized spacial score (nSPS) is 16.9. The Balaban J connectivity index is 1.71. The Morgan fingerprint density at radius 2 is 1.89 bits per heavy atom. The molecule has 6 heteroatoms. The molecule has 2 aromatic rings. The van der Waals surface area contributed by atoms with Gasteiger partial charge in [-0.2, -0.15) is 0 Å². The number of nitrogens with zero attached hydrogens (tertiary/aromatic N) is 2. The van der Waals surface area contributed by atoms with Crippen molar-refractivity contribution in [1.82, 2.24) is 4.90 Å². The van der Waals surface area contributed by atoms with Crippen LogP contribution in [0.4, 0.5) is 5.69 Å². The second kappa shape index (κ2) is 8.03. The molecular weight excluding hydrogens is 344 g/mol. The van der Waals surface area contributed by atoms with Crippen LogP contribution < -0.4 is 4.90 Å². The molecule has 1 unspecified atom stereocenters. The molecule has 0 aromatic heterocycles. The average Bonchev–Trinajstić information content (AvgIpc) is 2.68. The van der Waals surface area contributed by atoms with E-state index in [1.807, 2.05) is 30.3 Å². The first-order valence-electron chi connectivity index (χ1n) is 8.91. The van der Waals surface area contributed by atoms with E-state index < -0.39 is 12.0 Å².